The van der Waals surface area contributed by atoms with Gasteiger partial charge in [-0.05, 0) is 49.7 Å². The van der Waals surface area contributed by atoms with Gasteiger partial charge in [0.2, 0.25) is 0 Å². The molecular formula is C18H16FN3O3S. The van der Waals surface area contributed by atoms with Gasteiger partial charge in [0.05, 0.1) is 17.3 Å². The van der Waals surface area contributed by atoms with Crippen molar-refractivity contribution in [3.05, 3.63) is 64.5 Å². The minimum Gasteiger partial charge on any atom is -0.462 e. The summed E-state index contributed by atoms with van der Waals surface area (Å²) < 4.78 is 19.7. The van der Waals surface area contributed by atoms with Crippen LogP contribution in [0.25, 0.3) is 5.69 Å². The molecule has 3 aromatic rings. The van der Waals surface area contributed by atoms with Crippen molar-refractivity contribution < 1.29 is 18.7 Å². The van der Waals surface area contributed by atoms with E-state index in [-0.39, 0.29) is 18.1 Å². The van der Waals surface area contributed by atoms with Crippen molar-refractivity contribution in [2.45, 2.75) is 13.8 Å². The third-order valence-electron chi connectivity index (χ3n) is 3.51. The van der Waals surface area contributed by atoms with Crippen molar-refractivity contribution in [3.8, 4) is 5.69 Å². The van der Waals surface area contributed by atoms with Crippen LogP contribution >= 0.6 is 11.3 Å². The minimum atomic E-state index is -0.420. The number of carbonyl (C=O) groups excluding carboxylic acids is 2. The molecule has 0 atom stereocenters. The number of aromatic nitrogens is 2. The molecule has 0 radical (unpaired) electrons. The zero-order valence-corrected chi connectivity index (χ0v) is 15.0. The zero-order valence-electron chi connectivity index (χ0n) is 14.2. The van der Waals surface area contributed by atoms with Crippen LogP contribution in [0, 0.1) is 12.7 Å². The number of hydrogen-bond acceptors (Lipinski definition) is 5. The van der Waals surface area contributed by atoms with E-state index in [0.717, 1.165) is 16.9 Å². The molecule has 134 valence electrons. The lowest BCUT2D eigenvalue weighted by atomic mass is 10.3. The summed E-state index contributed by atoms with van der Waals surface area (Å²) in [6.45, 7) is 3.80. The quantitative estimate of drug-likeness (QED) is 0.690. The van der Waals surface area contributed by atoms with E-state index in [1.807, 2.05) is 0 Å². The number of ether oxygens (including phenoxy) is 1. The first-order valence-electron chi connectivity index (χ1n) is 7.88. The molecule has 0 unspecified atom stereocenters. The molecule has 0 bridgehead atoms. The molecule has 6 nitrogen and oxygen atoms in total. The van der Waals surface area contributed by atoms with Crippen LogP contribution in [0.5, 0.6) is 0 Å². The molecule has 0 saturated carbocycles. The topological polar surface area (TPSA) is 73.2 Å². The maximum Gasteiger partial charge on any atom is 0.348 e. The van der Waals surface area contributed by atoms with Gasteiger partial charge in [0, 0.05) is 6.20 Å². The lowest BCUT2D eigenvalue weighted by Gasteiger charge is -2.01. The van der Waals surface area contributed by atoms with Gasteiger partial charge in [0.1, 0.15) is 10.7 Å². The molecule has 0 aliphatic carbocycles. The molecule has 2 aromatic heterocycles. The Labute approximate surface area is 153 Å². The van der Waals surface area contributed by atoms with Crippen molar-refractivity contribution in [2.75, 3.05) is 11.9 Å². The van der Waals surface area contributed by atoms with Gasteiger partial charge in [-0.25, -0.2) is 13.9 Å². The summed E-state index contributed by atoms with van der Waals surface area (Å²) >= 11 is 1.15. The lowest BCUT2D eigenvalue weighted by Crippen LogP contribution is -2.12. The molecule has 1 aromatic carbocycles. The molecule has 0 aliphatic heterocycles. The second-order valence-electron chi connectivity index (χ2n) is 5.42. The molecule has 0 saturated heterocycles. The van der Waals surface area contributed by atoms with E-state index >= 15 is 0 Å². The Kier molecular flexibility index (Phi) is 5.13. The first kappa shape index (κ1) is 17.8. The Hall–Kier alpha value is -3.00. The molecule has 0 spiro atoms. The van der Waals surface area contributed by atoms with Crippen LogP contribution < -0.4 is 5.32 Å². The molecule has 2 heterocycles. The molecule has 1 amide bonds. The number of nitrogens with one attached hydrogen (secondary N) is 1. The summed E-state index contributed by atoms with van der Waals surface area (Å²) in [7, 11) is 0. The molecule has 0 fully saturated rings. The van der Waals surface area contributed by atoms with Crippen LogP contribution in [0.3, 0.4) is 0 Å². The number of esters is 1. The van der Waals surface area contributed by atoms with Crippen molar-refractivity contribution in [1.29, 1.82) is 0 Å². The van der Waals surface area contributed by atoms with Crippen LogP contribution in [-0.4, -0.2) is 28.3 Å². The van der Waals surface area contributed by atoms with Crippen LogP contribution in [0.4, 0.5) is 9.39 Å². The van der Waals surface area contributed by atoms with Crippen molar-refractivity contribution in [3.63, 3.8) is 0 Å². The van der Waals surface area contributed by atoms with Crippen LogP contribution in [0.2, 0.25) is 0 Å². The van der Waals surface area contributed by atoms with Gasteiger partial charge < -0.3 is 10.1 Å². The highest BCUT2D eigenvalue weighted by atomic mass is 32.1. The van der Waals surface area contributed by atoms with E-state index in [1.165, 1.54) is 22.9 Å². The predicted molar refractivity (Wildman–Crippen MR) is 96.5 cm³/mol. The highest BCUT2D eigenvalue weighted by Gasteiger charge is 2.17. The average Bonchev–Trinajstić information content (AvgIpc) is 3.22. The highest BCUT2D eigenvalue weighted by molar-refractivity contribution is 7.18. The fraction of sp³-hybridized carbons (Fsp3) is 0.167. The number of nitrogens with zero attached hydrogens (tertiary/aromatic N) is 2. The summed E-state index contributed by atoms with van der Waals surface area (Å²) in [6, 6.07) is 9.15. The minimum absolute atomic E-state index is 0.179. The third kappa shape index (κ3) is 3.80. The number of rotatable bonds is 5. The first-order valence-corrected chi connectivity index (χ1v) is 8.70. The second kappa shape index (κ2) is 7.49. The van der Waals surface area contributed by atoms with E-state index in [9.17, 15) is 14.0 Å². The molecule has 0 aliphatic rings. The second-order valence-corrected chi connectivity index (χ2v) is 6.47. The number of amides is 1. The van der Waals surface area contributed by atoms with Crippen molar-refractivity contribution in [2.24, 2.45) is 0 Å². The zero-order chi connectivity index (χ0) is 18.7. The fourth-order valence-corrected chi connectivity index (χ4v) is 3.29. The van der Waals surface area contributed by atoms with Crippen molar-refractivity contribution >= 4 is 28.2 Å². The van der Waals surface area contributed by atoms with E-state index in [2.05, 4.69) is 10.4 Å². The molecule has 3 rings (SSSR count). The number of carbonyl (C=O) groups is 2. The predicted octanol–water partition coefficient (Wildman–Crippen LogP) is 3.81. The van der Waals surface area contributed by atoms with Gasteiger partial charge in [-0.15, -0.1) is 11.3 Å². The fourth-order valence-electron chi connectivity index (χ4n) is 2.33. The molecular weight excluding hydrogens is 357 g/mol. The summed E-state index contributed by atoms with van der Waals surface area (Å²) in [5.74, 6) is -1.22. The largest absolute Gasteiger partial charge is 0.462 e. The maximum atomic E-state index is 13.3. The van der Waals surface area contributed by atoms with Gasteiger partial charge in [-0.1, -0.05) is 6.07 Å². The lowest BCUT2D eigenvalue weighted by molar-refractivity contribution is 0.0531. The number of hydrogen-bond donors (Lipinski definition) is 1. The third-order valence-corrected chi connectivity index (χ3v) is 4.64. The Balaban J connectivity index is 1.75. The SMILES string of the molecule is CCOC(=O)c1sc(NC(=O)c2ccn(-c3cccc(F)c3)n2)cc1C. The summed E-state index contributed by atoms with van der Waals surface area (Å²) in [5.41, 5.74) is 1.42. The monoisotopic (exact) mass is 373 g/mol. The molecule has 26 heavy (non-hydrogen) atoms. The van der Waals surface area contributed by atoms with Gasteiger partial charge in [-0.2, -0.15) is 5.10 Å². The average molecular weight is 373 g/mol. The number of halogens is 1. The number of anilines is 1. The molecule has 8 heteroatoms. The van der Waals surface area contributed by atoms with Crippen LogP contribution in [0.1, 0.15) is 32.6 Å². The first-order chi connectivity index (χ1) is 12.5. The highest BCUT2D eigenvalue weighted by Crippen LogP contribution is 2.27. The maximum absolute atomic E-state index is 13.3. The number of thiophene rings is 1. The summed E-state index contributed by atoms with van der Waals surface area (Å²) in [4.78, 5) is 24.7. The van der Waals surface area contributed by atoms with Crippen LogP contribution in [-0.2, 0) is 4.74 Å². The van der Waals surface area contributed by atoms with E-state index in [1.54, 1.807) is 38.2 Å². The van der Waals surface area contributed by atoms with E-state index in [4.69, 9.17) is 4.74 Å². The Bertz CT molecular complexity index is 964. The summed E-state index contributed by atoms with van der Waals surface area (Å²) in [6.07, 6.45) is 1.58. The molecule has 1 N–H and O–H groups in total. The Morgan fingerprint density at radius 2 is 2.12 bits per heavy atom. The standard InChI is InChI=1S/C18H16FN3O3S/c1-3-25-18(24)16-11(2)9-15(26-16)20-17(23)14-7-8-22(21-14)13-6-4-5-12(19)10-13/h4-10H,3H2,1-2H3,(H,20,23). The number of aryl methyl sites for hydroxylation is 1. The smallest absolute Gasteiger partial charge is 0.348 e. The van der Waals surface area contributed by atoms with Gasteiger partial charge in [0.25, 0.3) is 5.91 Å². The van der Waals surface area contributed by atoms with E-state index in [0.29, 0.717) is 15.6 Å². The van der Waals surface area contributed by atoms with Crippen molar-refractivity contribution in [1.82, 2.24) is 9.78 Å². The number of benzene rings is 1. The van der Waals surface area contributed by atoms with Gasteiger partial charge in [0.15, 0.2) is 5.69 Å². The van der Waals surface area contributed by atoms with Crippen LogP contribution in [0.15, 0.2) is 42.6 Å². The van der Waals surface area contributed by atoms with Gasteiger partial charge in [-0.3, -0.25) is 4.79 Å². The summed E-state index contributed by atoms with van der Waals surface area (Å²) in [5, 5.41) is 7.40. The Morgan fingerprint density at radius 1 is 1.31 bits per heavy atom. The normalized spacial score (nSPS) is 10.6. The Morgan fingerprint density at radius 3 is 2.85 bits per heavy atom. The van der Waals surface area contributed by atoms with Gasteiger partial charge >= 0.3 is 5.97 Å². The van der Waals surface area contributed by atoms with E-state index < -0.39 is 11.9 Å².